The minimum atomic E-state index is -3.83. The molecule has 0 radical (unpaired) electrons. The second kappa shape index (κ2) is 10.4. The number of likely N-dealkylation sites (N-methyl/N-ethyl adjacent to an activating group) is 1. The molecular weight excluding hydrogens is 420 g/mol. The molecular formula is C21H30N4O3S2. The third kappa shape index (κ3) is 6.04. The zero-order valence-electron chi connectivity index (χ0n) is 17.6. The fraction of sp³-hybridized carbons (Fsp3) is 0.476. The monoisotopic (exact) mass is 450 g/mol. The van der Waals surface area contributed by atoms with Crippen LogP contribution in [0, 0.1) is 6.92 Å². The van der Waals surface area contributed by atoms with Crippen LogP contribution in [0.3, 0.4) is 0 Å². The van der Waals surface area contributed by atoms with Gasteiger partial charge in [0, 0.05) is 38.4 Å². The van der Waals surface area contributed by atoms with Crippen molar-refractivity contribution < 1.29 is 13.2 Å². The number of carbonyl (C=O) groups is 1. The van der Waals surface area contributed by atoms with Gasteiger partial charge in [0.1, 0.15) is 9.77 Å². The molecule has 1 saturated heterocycles. The number of rotatable bonds is 9. The van der Waals surface area contributed by atoms with E-state index in [1.165, 1.54) is 6.07 Å². The maximum absolute atomic E-state index is 12.8. The van der Waals surface area contributed by atoms with Crippen molar-refractivity contribution in [3.05, 3.63) is 46.2 Å². The summed E-state index contributed by atoms with van der Waals surface area (Å²) >= 11 is 1.14. The zero-order valence-corrected chi connectivity index (χ0v) is 19.2. The van der Waals surface area contributed by atoms with E-state index in [2.05, 4.69) is 26.8 Å². The van der Waals surface area contributed by atoms with Gasteiger partial charge in [0.05, 0.1) is 0 Å². The summed E-state index contributed by atoms with van der Waals surface area (Å²) in [6.07, 6.45) is 0.840. The zero-order chi connectivity index (χ0) is 21.6. The highest BCUT2D eigenvalue weighted by atomic mass is 32.2. The number of aryl methyl sites for hydroxylation is 1. The second-order valence-corrected chi connectivity index (χ2v) is 10.0. The van der Waals surface area contributed by atoms with E-state index in [4.69, 9.17) is 0 Å². The van der Waals surface area contributed by atoms with Gasteiger partial charge in [-0.3, -0.25) is 9.52 Å². The molecule has 1 fully saturated rings. The van der Waals surface area contributed by atoms with Crippen molar-refractivity contribution in [2.75, 3.05) is 50.5 Å². The first-order valence-electron chi connectivity index (χ1n) is 10.3. The van der Waals surface area contributed by atoms with E-state index < -0.39 is 10.0 Å². The van der Waals surface area contributed by atoms with Gasteiger partial charge in [-0.25, -0.2) is 8.42 Å². The Labute approximate surface area is 183 Å². The highest BCUT2D eigenvalue weighted by Crippen LogP contribution is 2.24. The Balaban J connectivity index is 1.51. The van der Waals surface area contributed by atoms with Crippen LogP contribution in [-0.4, -0.2) is 69.9 Å². The Bertz CT molecular complexity index is 933. The van der Waals surface area contributed by atoms with Gasteiger partial charge in [0.15, 0.2) is 0 Å². The summed E-state index contributed by atoms with van der Waals surface area (Å²) in [5, 5.41) is 4.50. The van der Waals surface area contributed by atoms with Gasteiger partial charge in [0.2, 0.25) is 0 Å². The molecule has 1 aromatic heterocycles. The van der Waals surface area contributed by atoms with Crippen LogP contribution in [0.15, 0.2) is 40.6 Å². The number of thiophene rings is 1. The molecule has 0 unspecified atom stereocenters. The summed E-state index contributed by atoms with van der Waals surface area (Å²) in [5.74, 6) is -0.343. The highest BCUT2D eigenvalue weighted by molar-refractivity contribution is 7.93. The molecule has 30 heavy (non-hydrogen) atoms. The normalized spacial score (nSPS) is 15.8. The van der Waals surface area contributed by atoms with Gasteiger partial charge in [-0.15, -0.1) is 11.3 Å². The summed E-state index contributed by atoms with van der Waals surface area (Å²) in [5.41, 5.74) is 1.52. The van der Waals surface area contributed by atoms with E-state index in [0.29, 0.717) is 12.2 Å². The van der Waals surface area contributed by atoms with Gasteiger partial charge in [-0.1, -0.05) is 24.6 Å². The average Bonchev–Trinajstić information content (AvgIpc) is 3.24. The lowest BCUT2D eigenvalue weighted by Gasteiger charge is -2.33. The molecule has 164 valence electrons. The van der Waals surface area contributed by atoms with E-state index in [0.717, 1.165) is 62.6 Å². The molecule has 0 atom stereocenters. The van der Waals surface area contributed by atoms with Crippen LogP contribution < -0.4 is 10.0 Å². The van der Waals surface area contributed by atoms with Crippen LogP contribution in [-0.2, 0) is 10.0 Å². The van der Waals surface area contributed by atoms with Gasteiger partial charge >= 0.3 is 0 Å². The summed E-state index contributed by atoms with van der Waals surface area (Å²) in [6.45, 7) is 11.0. The number of anilines is 1. The maximum Gasteiger partial charge on any atom is 0.263 e. The number of amides is 1. The van der Waals surface area contributed by atoms with Crippen molar-refractivity contribution in [1.82, 2.24) is 15.1 Å². The topological polar surface area (TPSA) is 81.8 Å². The summed E-state index contributed by atoms with van der Waals surface area (Å²) in [6, 6.07) is 8.56. The Kier molecular flexibility index (Phi) is 7.87. The standard InChI is InChI=1S/C21H30N4O3S2/c1-3-24-12-14-25(15-13-24)11-4-10-22-21(26)20-19(9-16-29-20)30(27,28)23-18-7-5-17(2)6-8-18/h5-9,16,23H,3-4,10-15H2,1-2H3,(H,22,26). The van der Waals surface area contributed by atoms with Crippen molar-refractivity contribution >= 4 is 33.0 Å². The SMILES string of the molecule is CCN1CCN(CCCNC(=O)c2sccc2S(=O)(=O)Nc2ccc(C)cc2)CC1. The molecule has 3 rings (SSSR count). The fourth-order valence-electron chi connectivity index (χ4n) is 3.42. The van der Waals surface area contributed by atoms with Crippen molar-refractivity contribution in [2.24, 2.45) is 0 Å². The molecule has 1 aromatic carbocycles. The van der Waals surface area contributed by atoms with Gasteiger partial charge < -0.3 is 15.1 Å². The Morgan fingerprint density at radius 1 is 1.07 bits per heavy atom. The van der Waals surface area contributed by atoms with Crippen LogP contribution in [0.4, 0.5) is 5.69 Å². The lowest BCUT2D eigenvalue weighted by atomic mass is 10.2. The van der Waals surface area contributed by atoms with Gasteiger partial charge in [0.25, 0.3) is 15.9 Å². The van der Waals surface area contributed by atoms with E-state index in [1.54, 1.807) is 17.5 Å². The van der Waals surface area contributed by atoms with Crippen molar-refractivity contribution in [3.8, 4) is 0 Å². The molecule has 0 saturated carbocycles. The number of sulfonamides is 1. The molecule has 0 spiro atoms. The number of carbonyl (C=O) groups excluding carboxylic acids is 1. The first-order valence-corrected chi connectivity index (χ1v) is 12.6. The fourth-order valence-corrected chi connectivity index (χ4v) is 5.82. The first kappa shape index (κ1) is 22.7. The number of hydrogen-bond acceptors (Lipinski definition) is 6. The van der Waals surface area contributed by atoms with E-state index in [-0.39, 0.29) is 15.7 Å². The lowest BCUT2D eigenvalue weighted by molar-refractivity contribution is 0.0949. The quantitative estimate of drug-likeness (QED) is 0.574. The molecule has 2 N–H and O–H groups in total. The summed E-state index contributed by atoms with van der Waals surface area (Å²) in [7, 11) is -3.83. The van der Waals surface area contributed by atoms with Crippen LogP contribution in [0.5, 0.6) is 0 Å². The van der Waals surface area contributed by atoms with Crippen LogP contribution in [0.1, 0.15) is 28.6 Å². The molecule has 9 heteroatoms. The lowest BCUT2D eigenvalue weighted by Crippen LogP contribution is -2.46. The third-order valence-electron chi connectivity index (χ3n) is 5.28. The number of benzene rings is 1. The molecule has 2 aromatic rings. The smallest absolute Gasteiger partial charge is 0.263 e. The third-order valence-corrected chi connectivity index (χ3v) is 7.74. The Hall–Kier alpha value is -1.94. The average molecular weight is 451 g/mol. The number of piperazine rings is 1. The van der Waals surface area contributed by atoms with Crippen molar-refractivity contribution in [2.45, 2.75) is 25.2 Å². The van der Waals surface area contributed by atoms with Crippen molar-refractivity contribution in [3.63, 3.8) is 0 Å². The predicted octanol–water partition coefficient (Wildman–Crippen LogP) is 2.61. The molecule has 1 amide bonds. The van der Waals surface area contributed by atoms with E-state index in [1.807, 2.05) is 19.1 Å². The number of hydrogen-bond donors (Lipinski definition) is 2. The molecule has 0 aliphatic carbocycles. The van der Waals surface area contributed by atoms with Gasteiger partial charge in [-0.05, 0) is 50.0 Å². The largest absolute Gasteiger partial charge is 0.351 e. The predicted molar refractivity (Wildman–Crippen MR) is 122 cm³/mol. The Morgan fingerprint density at radius 3 is 2.40 bits per heavy atom. The van der Waals surface area contributed by atoms with E-state index in [9.17, 15) is 13.2 Å². The summed E-state index contributed by atoms with van der Waals surface area (Å²) in [4.78, 5) is 17.7. The van der Waals surface area contributed by atoms with Crippen molar-refractivity contribution in [1.29, 1.82) is 0 Å². The number of nitrogens with zero attached hydrogens (tertiary/aromatic N) is 2. The first-order chi connectivity index (χ1) is 14.4. The maximum atomic E-state index is 12.8. The Morgan fingerprint density at radius 2 is 1.73 bits per heavy atom. The van der Waals surface area contributed by atoms with Crippen LogP contribution in [0.2, 0.25) is 0 Å². The molecule has 1 aliphatic heterocycles. The number of nitrogens with one attached hydrogen (secondary N) is 2. The molecule has 1 aliphatic rings. The summed E-state index contributed by atoms with van der Waals surface area (Å²) < 4.78 is 28.1. The molecule has 0 bridgehead atoms. The molecule has 7 nitrogen and oxygen atoms in total. The van der Waals surface area contributed by atoms with E-state index >= 15 is 0 Å². The highest BCUT2D eigenvalue weighted by Gasteiger charge is 2.24. The minimum Gasteiger partial charge on any atom is -0.351 e. The van der Waals surface area contributed by atoms with Crippen LogP contribution >= 0.6 is 11.3 Å². The molecule has 2 heterocycles. The van der Waals surface area contributed by atoms with Crippen LogP contribution in [0.25, 0.3) is 0 Å². The second-order valence-electron chi connectivity index (χ2n) is 7.47. The minimum absolute atomic E-state index is 0.0151. The van der Waals surface area contributed by atoms with Gasteiger partial charge in [-0.2, -0.15) is 0 Å².